The summed E-state index contributed by atoms with van der Waals surface area (Å²) in [5, 5.41) is 3.65. The van der Waals surface area contributed by atoms with Crippen molar-refractivity contribution < 1.29 is 14.3 Å². The molecular weight excluding hydrogens is 300 g/mol. The number of hydrogen-bond acceptors (Lipinski definition) is 3. The molecule has 5 nitrogen and oxygen atoms in total. The highest BCUT2D eigenvalue weighted by atomic mass is 79.9. The van der Waals surface area contributed by atoms with E-state index in [-0.39, 0.29) is 11.8 Å². The molecule has 1 N–H and O–H groups in total. The largest absolute Gasteiger partial charge is 0.377 e. The van der Waals surface area contributed by atoms with Crippen LogP contribution in [0.15, 0.2) is 0 Å². The number of unbranched alkanes of at least 4 members (excludes halogenated alkanes) is 1. The fourth-order valence-corrected chi connectivity index (χ4v) is 2.32. The Kier molecular flexibility index (Phi) is 7.27. The van der Waals surface area contributed by atoms with E-state index in [0.29, 0.717) is 32.7 Å². The number of amides is 2. The van der Waals surface area contributed by atoms with Crippen LogP contribution >= 0.6 is 15.9 Å². The van der Waals surface area contributed by atoms with Crippen molar-refractivity contribution in [1.29, 1.82) is 0 Å². The zero-order valence-electron chi connectivity index (χ0n) is 10.8. The number of nitrogens with zero attached hydrogens (tertiary/aromatic N) is 1. The third kappa shape index (κ3) is 4.57. The summed E-state index contributed by atoms with van der Waals surface area (Å²) in [7, 11) is 0. The van der Waals surface area contributed by atoms with Crippen molar-refractivity contribution in [2.75, 3.05) is 31.6 Å². The second kappa shape index (κ2) is 8.48. The van der Waals surface area contributed by atoms with E-state index >= 15 is 0 Å². The molecule has 0 radical (unpaired) electrons. The summed E-state index contributed by atoms with van der Waals surface area (Å²) in [6.07, 6.45) is 2.33. The van der Waals surface area contributed by atoms with Crippen LogP contribution < -0.4 is 5.32 Å². The SMILES string of the molecule is CCNC(=O)C1COCCN1C(=O)CCCCBr. The van der Waals surface area contributed by atoms with Crippen molar-refractivity contribution in [3.8, 4) is 0 Å². The van der Waals surface area contributed by atoms with Gasteiger partial charge in [0.1, 0.15) is 6.04 Å². The first-order valence-electron chi connectivity index (χ1n) is 6.41. The van der Waals surface area contributed by atoms with Gasteiger partial charge in [-0.2, -0.15) is 0 Å². The van der Waals surface area contributed by atoms with Gasteiger partial charge in [-0.05, 0) is 19.8 Å². The maximum Gasteiger partial charge on any atom is 0.245 e. The highest BCUT2D eigenvalue weighted by Gasteiger charge is 2.31. The van der Waals surface area contributed by atoms with Gasteiger partial charge in [0, 0.05) is 24.8 Å². The Balaban J connectivity index is 2.52. The first-order valence-corrected chi connectivity index (χ1v) is 7.53. The molecule has 0 aromatic rings. The lowest BCUT2D eigenvalue weighted by Crippen LogP contribution is -2.55. The molecule has 104 valence electrons. The van der Waals surface area contributed by atoms with Gasteiger partial charge in [0.05, 0.1) is 13.2 Å². The number of halogens is 1. The van der Waals surface area contributed by atoms with Gasteiger partial charge >= 0.3 is 0 Å². The minimum atomic E-state index is -0.463. The van der Waals surface area contributed by atoms with E-state index in [0.717, 1.165) is 18.2 Å². The number of morpholine rings is 1. The van der Waals surface area contributed by atoms with E-state index in [4.69, 9.17) is 4.74 Å². The lowest BCUT2D eigenvalue weighted by molar-refractivity contribution is -0.148. The molecular formula is C12H21BrN2O3. The molecule has 0 spiro atoms. The highest BCUT2D eigenvalue weighted by Crippen LogP contribution is 2.11. The fraction of sp³-hybridized carbons (Fsp3) is 0.833. The van der Waals surface area contributed by atoms with E-state index in [9.17, 15) is 9.59 Å². The molecule has 1 aliphatic rings. The van der Waals surface area contributed by atoms with E-state index in [1.54, 1.807) is 4.90 Å². The average Bonchev–Trinajstić information content (AvgIpc) is 2.39. The van der Waals surface area contributed by atoms with Crippen LogP contribution in [0.5, 0.6) is 0 Å². The van der Waals surface area contributed by atoms with Crippen LogP contribution in [0.3, 0.4) is 0 Å². The summed E-state index contributed by atoms with van der Waals surface area (Å²) in [6, 6.07) is -0.463. The molecule has 0 aromatic heterocycles. The summed E-state index contributed by atoms with van der Waals surface area (Å²) < 4.78 is 5.29. The van der Waals surface area contributed by atoms with Gasteiger partial charge in [-0.25, -0.2) is 0 Å². The Morgan fingerprint density at radius 3 is 2.89 bits per heavy atom. The topological polar surface area (TPSA) is 58.6 Å². The summed E-state index contributed by atoms with van der Waals surface area (Å²) in [5.74, 6) is -0.0680. The van der Waals surface area contributed by atoms with E-state index < -0.39 is 6.04 Å². The minimum absolute atomic E-state index is 0.0514. The van der Waals surface area contributed by atoms with Crippen LogP contribution in [0.4, 0.5) is 0 Å². The van der Waals surface area contributed by atoms with Crippen LogP contribution in [0.1, 0.15) is 26.2 Å². The van der Waals surface area contributed by atoms with E-state index in [2.05, 4.69) is 21.2 Å². The van der Waals surface area contributed by atoms with Crippen molar-refractivity contribution in [2.45, 2.75) is 32.2 Å². The van der Waals surface area contributed by atoms with Gasteiger partial charge in [0.25, 0.3) is 0 Å². The Morgan fingerprint density at radius 2 is 2.22 bits per heavy atom. The molecule has 2 amide bonds. The predicted octanol–water partition coefficient (Wildman–Crippen LogP) is 0.915. The fourth-order valence-electron chi connectivity index (χ4n) is 1.93. The van der Waals surface area contributed by atoms with Gasteiger partial charge in [-0.15, -0.1) is 0 Å². The zero-order valence-corrected chi connectivity index (χ0v) is 12.4. The molecule has 0 aromatic carbocycles. The molecule has 1 atom stereocenters. The number of alkyl halides is 1. The number of carbonyl (C=O) groups excluding carboxylic acids is 2. The van der Waals surface area contributed by atoms with Crippen LogP contribution in [0.2, 0.25) is 0 Å². The predicted molar refractivity (Wildman–Crippen MR) is 72.6 cm³/mol. The first kappa shape index (κ1) is 15.4. The molecule has 1 saturated heterocycles. The van der Waals surface area contributed by atoms with Crippen molar-refractivity contribution in [3.63, 3.8) is 0 Å². The number of hydrogen-bond donors (Lipinski definition) is 1. The minimum Gasteiger partial charge on any atom is -0.377 e. The zero-order chi connectivity index (χ0) is 13.4. The van der Waals surface area contributed by atoms with Gasteiger partial charge < -0.3 is 15.0 Å². The monoisotopic (exact) mass is 320 g/mol. The molecule has 1 heterocycles. The van der Waals surface area contributed by atoms with Crippen LogP contribution in [-0.2, 0) is 14.3 Å². The van der Waals surface area contributed by atoms with Crippen LogP contribution in [0.25, 0.3) is 0 Å². The molecule has 0 saturated carbocycles. The molecule has 1 fully saturated rings. The van der Waals surface area contributed by atoms with Gasteiger partial charge in [0.15, 0.2) is 0 Å². The number of ether oxygens (including phenoxy) is 1. The standard InChI is InChI=1S/C12H21BrN2O3/c1-2-14-12(17)10-9-18-8-7-15(10)11(16)5-3-4-6-13/h10H,2-9H2,1H3,(H,14,17). The summed E-state index contributed by atoms with van der Waals surface area (Å²) in [5.41, 5.74) is 0. The lowest BCUT2D eigenvalue weighted by Gasteiger charge is -2.34. The normalized spacial score (nSPS) is 19.7. The maximum absolute atomic E-state index is 12.1. The molecule has 6 heteroatoms. The number of nitrogens with one attached hydrogen (secondary N) is 1. The molecule has 0 bridgehead atoms. The molecule has 1 unspecified atom stereocenters. The molecule has 1 aliphatic heterocycles. The van der Waals surface area contributed by atoms with E-state index in [1.165, 1.54) is 0 Å². The van der Waals surface area contributed by atoms with Crippen LogP contribution in [-0.4, -0.2) is 54.4 Å². The Hall–Kier alpha value is -0.620. The maximum atomic E-state index is 12.1. The van der Waals surface area contributed by atoms with Gasteiger partial charge in [-0.1, -0.05) is 15.9 Å². The Bertz CT molecular complexity index is 286. The highest BCUT2D eigenvalue weighted by molar-refractivity contribution is 9.09. The number of carbonyl (C=O) groups is 2. The number of rotatable bonds is 6. The van der Waals surface area contributed by atoms with Gasteiger partial charge in [-0.3, -0.25) is 9.59 Å². The molecule has 0 aliphatic carbocycles. The van der Waals surface area contributed by atoms with Crippen LogP contribution in [0, 0.1) is 0 Å². The Morgan fingerprint density at radius 1 is 1.44 bits per heavy atom. The molecule has 1 rings (SSSR count). The third-order valence-electron chi connectivity index (χ3n) is 2.88. The molecule has 18 heavy (non-hydrogen) atoms. The summed E-state index contributed by atoms with van der Waals surface area (Å²) >= 11 is 3.34. The second-order valence-electron chi connectivity index (χ2n) is 4.22. The second-order valence-corrected chi connectivity index (χ2v) is 5.01. The summed E-state index contributed by atoms with van der Waals surface area (Å²) in [4.78, 5) is 25.6. The van der Waals surface area contributed by atoms with Crippen molar-refractivity contribution in [3.05, 3.63) is 0 Å². The quantitative estimate of drug-likeness (QED) is 0.584. The lowest BCUT2D eigenvalue weighted by atomic mass is 10.1. The van der Waals surface area contributed by atoms with Gasteiger partial charge in [0.2, 0.25) is 11.8 Å². The first-order chi connectivity index (χ1) is 8.70. The van der Waals surface area contributed by atoms with Crippen molar-refractivity contribution in [2.24, 2.45) is 0 Å². The Labute approximate surface area is 116 Å². The average molecular weight is 321 g/mol. The van der Waals surface area contributed by atoms with E-state index in [1.807, 2.05) is 6.92 Å². The number of likely N-dealkylation sites (N-methyl/N-ethyl adjacent to an activating group) is 1. The van der Waals surface area contributed by atoms with Crippen molar-refractivity contribution >= 4 is 27.7 Å². The smallest absolute Gasteiger partial charge is 0.245 e. The summed E-state index contributed by atoms with van der Waals surface area (Å²) in [6.45, 7) is 3.76. The third-order valence-corrected chi connectivity index (χ3v) is 3.44. The van der Waals surface area contributed by atoms with Crippen molar-refractivity contribution in [1.82, 2.24) is 10.2 Å².